The number of benzene rings is 2. The van der Waals surface area contributed by atoms with E-state index in [-0.39, 0.29) is 24.2 Å². The van der Waals surface area contributed by atoms with Crippen molar-refractivity contribution in [3.8, 4) is 5.75 Å². The Morgan fingerprint density at radius 2 is 1.55 bits per heavy atom. The number of nitrogens with zero attached hydrogens (tertiary/aromatic N) is 4. The monoisotopic (exact) mass is 444 g/mol. The molecule has 0 bridgehead atoms. The standard InChI is InChI=1S/C24H24N6O3/c1-16-7-8-22(17(2)13-16)33-15-30-12-10-21(28-30)24(32)26-19-6-4-5-18(14-19)25-23(31)20-9-11-29(3)27-20/h4-14H,15H2,1-3H3,(H,25,31)(H,26,32). The van der Waals surface area contributed by atoms with Crippen molar-refractivity contribution in [2.24, 2.45) is 7.05 Å². The van der Waals surface area contributed by atoms with Crippen LogP contribution in [0.25, 0.3) is 0 Å². The minimum atomic E-state index is -0.367. The van der Waals surface area contributed by atoms with E-state index in [1.54, 1.807) is 65.2 Å². The maximum Gasteiger partial charge on any atom is 0.276 e. The molecule has 9 nitrogen and oxygen atoms in total. The topological polar surface area (TPSA) is 103 Å². The molecular weight excluding hydrogens is 420 g/mol. The van der Waals surface area contributed by atoms with E-state index in [1.807, 2.05) is 32.0 Å². The summed E-state index contributed by atoms with van der Waals surface area (Å²) in [5.74, 6) is 0.0711. The molecule has 33 heavy (non-hydrogen) atoms. The molecule has 0 saturated carbocycles. The zero-order valence-corrected chi connectivity index (χ0v) is 18.6. The van der Waals surface area contributed by atoms with E-state index in [1.165, 1.54) is 5.56 Å². The van der Waals surface area contributed by atoms with Gasteiger partial charge in [0.15, 0.2) is 18.1 Å². The predicted molar refractivity (Wildman–Crippen MR) is 124 cm³/mol. The van der Waals surface area contributed by atoms with Gasteiger partial charge in [-0.3, -0.25) is 14.3 Å². The van der Waals surface area contributed by atoms with Gasteiger partial charge in [-0.05, 0) is 55.8 Å². The van der Waals surface area contributed by atoms with Crippen LogP contribution in [0.5, 0.6) is 5.75 Å². The Morgan fingerprint density at radius 3 is 2.18 bits per heavy atom. The van der Waals surface area contributed by atoms with E-state index in [4.69, 9.17) is 4.74 Å². The lowest BCUT2D eigenvalue weighted by molar-refractivity contribution is 0.101. The van der Waals surface area contributed by atoms with Crippen LogP contribution < -0.4 is 15.4 Å². The molecule has 2 aromatic heterocycles. The molecule has 4 rings (SSSR count). The fourth-order valence-corrected chi connectivity index (χ4v) is 3.25. The highest BCUT2D eigenvalue weighted by Gasteiger charge is 2.12. The van der Waals surface area contributed by atoms with Crippen molar-refractivity contribution in [3.05, 3.63) is 89.5 Å². The van der Waals surface area contributed by atoms with Gasteiger partial charge in [0.2, 0.25) is 0 Å². The van der Waals surface area contributed by atoms with E-state index < -0.39 is 0 Å². The van der Waals surface area contributed by atoms with Gasteiger partial charge in [0.05, 0.1) is 0 Å². The molecule has 0 aliphatic heterocycles. The lowest BCUT2D eigenvalue weighted by atomic mass is 10.1. The summed E-state index contributed by atoms with van der Waals surface area (Å²) in [6.45, 7) is 4.20. The number of aromatic nitrogens is 4. The van der Waals surface area contributed by atoms with Crippen LogP contribution in [0.15, 0.2) is 67.0 Å². The van der Waals surface area contributed by atoms with E-state index in [2.05, 4.69) is 20.8 Å². The Balaban J connectivity index is 1.36. The van der Waals surface area contributed by atoms with Gasteiger partial charge >= 0.3 is 0 Å². The maximum absolute atomic E-state index is 12.6. The number of ether oxygens (including phenoxy) is 1. The summed E-state index contributed by atoms with van der Waals surface area (Å²) in [5, 5.41) is 13.9. The Morgan fingerprint density at radius 1 is 0.879 bits per heavy atom. The fourth-order valence-electron chi connectivity index (χ4n) is 3.25. The predicted octanol–water partition coefficient (Wildman–Crippen LogP) is 3.77. The third-order valence-electron chi connectivity index (χ3n) is 4.88. The first kappa shape index (κ1) is 21.8. The highest BCUT2D eigenvalue weighted by Crippen LogP contribution is 2.19. The zero-order chi connectivity index (χ0) is 23.4. The van der Waals surface area contributed by atoms with E-state index in [0.717, 1.165) is 11.3 Å². The van der Waals surface area contributed by atoms with Gasteiger partial charge in [0.25, 0.3) is 11.8 Å². The zero-order valence-electron chi connectivity index (χ0n) is 18.6. The lowest BCUT2D eigenvalue weighted by Gasteiger charge is -2.09. The van der Waals surface area contributed by atoms with Crippen molar-refractivity contribution >= 4 is 23.2 Å². The number of carbonyl (C=O) groups is 2. The van der Waals surface area contributed by atoms with Crippen LogP contribution in [0.3, 0.4) is 0 Å². The van der Waals surface area contributed by atoms with Gasteiger partial charge in [0, 0.05) is 30.8 Å². The molecule has 2 amide bonds. The largest absolute Gasteiger partial charge is 0.471 e. The van der Waals surface area contributed by atoms with E-state index in [0.29, 0.717) is 17.1 Å². The van der Waals surface area contributed by atoms with Crippen molar-refractivity contribution in [1.29, 1.82) is 0 Å². The third kappa shape index (κ3) is 5.45. The third-order valence-corrected chi connectivity index (χ3v) is 4.88. The summed E-state index contributed by atoms with van der Waals surface area (Å²) in [6, 6.07) is 16.1. The maximum atomic E-state index is 12.6. The summed E-state index contributed by atoms with van der Waals surface area (Å²) in [7, 11) is 1.74. The van der Waals surface area contributed by atoms with Crippen LogP contribution in [0.4, 0.5) is 11.4 Å². The number of carbonyl (C=O) groups excluding carboxylic acids is 2. The molecule has 0 aliphatic carbocycles. The highest BCUT2D eigenvalue weighted by molar-refractivity contribution is 6.05. The summed E-state index contributed by atoms with van der Waals surface area (Å²) < 4.78 is 8.91. The summed E-state index contributed by atoms with van der Waals surface area (Å²) in [4.78, 5) is 24.9. The Kier molecular flexibility index (Phi) is 6.21. The molecule has 0 atom stereocenters. The van der Waals surface area contributed by atoms with Crippen LogP contribution in [-0.4, -0.2) is 31.4 Å². The van der Waals surface area contributed by atoms with Gasteiger partial charge < -0.3 is 15.4 Å². The number of anilines is 2. The quantitative estimate of drug-likeness (QED) is 0.452. The second-order valence-corrected chi connectivity index (χ2v) is 7.65. The molecule has 4 aromatic rings. The van der Waals surface area contributed by atoms with Gasteiger partial charge in [-0.2, -0.15) is 10.2 Å². The molecule has 9 heteroatoms. The van der Waals surface area contributed by atoms with Crippen molar-refractivity contribution in [1.82, 2.24) is 19.6 Å². The SMILES string of the molecule is Cc1ccc(OCn2ccc(C(=O)Nc3cccc(NC(=O)c4ccn(C)n4)c3)n2)c(C)c1. The molecule has 2 aromatic carbocycles. The number of hydrogen-bond acceptors (Lipinski definition) is 5. The second kappa shape index (κ2) is 9.39. The van der Waals surface area contributed by atoms with Crippen LogP contribution in [0, 0.1) is 13.8 Å². The van der Waals surface area contributed by atoms with Gasteiger partial charge in [-0.15, -0.1) is 0 Å². The number of hydrogen-bond donors (Lipinski definition) is 2. The molecule has 0 unspecified atom stereocenters. The molecule has 0 fully saturated rings. The molecule has 2 heterocycles. The Hall–Kier alpha value is -4.40. The van der Waals surface area contributed by atoms with Crippen molar-refractivity contribution in [2.45, 2.75) is 20.6 Å². The normalized spacial score (nSPS) is 10.6. The fraction of sp³-hybridized carbons (Fsp3) is 0.167. The smallest absolute Gasteiger partial charge is 0.276 e. The molecule has 168 valence electrons. The minimum Gasteiger partial charge on any atom is -0.471 e. The Bertz CT molecular complexity index is 1310. The number of nitrogens with one attached hydrogen (secondary N) is 2. The van der Waals surface area contributed by atoms with Crippen molar-refractivity contribution in [2.75, 3.05) is 10.6 Å². The van der Waals surface area contributed by atoms with Crippen LogP contribution in [0.1, 0.15) is 32.1 Å². The first-order valence-electron chi connectivity index (χ1n) is 10.3. The molecule has 0 spiro atoms. The molecule has 0 saturated heterocycles. The number of aryl methyl sites for hydroxylation is 3. The first-order chi connectivity index (χ1) is 15.9. The summed E-state index contributed by atoms with van der Waals surface area (Å²) in [5.41, 5.74) is 3.83. The highest BCUT2D eigenvalue weighted by atomic mass is 16.5. The molecule has 0 radical (unpaired) electrons. The second-order valence-electron chi connectivity index (χ2n) is 7.65. The molecule has 2 N–H and O–H groups in total. The van der Waals surface area contributed by atoms with Crippen LogP contribution in [0.2, 0.25) is 0 Å². The number of amides is 2. The van der Waals surface area contributed by atoms with Crippen LogP contribution >= 0.6 is 0 Å². The van der Waals surface area contributed by atoms with E-state index >= 15 is 0 Å². The van der Waals surface area contributed by atoms with Crippen molar-refractivity contribution < 1.29 is 14.3 Å². The van der Waals surface area contributed by atoms with Crippen molar-refractivity contribution in [3.63, 3.8) is 0 Å². The summed E-state index contributed by atoms with van der Waals surface area (Å²) >= 11 is 0. The van der Waals surface area contributed by atoms with Gasteiger partial charge in [-0.1, -0.05) is 23.8 Å². The molecular formula is C24H24N6O3. The van der Waals surface area contributed by atoms with Gasteiger partial charge in [-0.25, -0.2) is 4.68 Å². The Labute approximate surface area is 191 Å². The van der Waals surface area contributed by atoms with E-state index in [9.17, 15) is 9.59 Å². The average molecular weight is 444 g/mol. The van der Waals surface area contributed by atoms with Gasteiger partial charge in [0.1, 0.15) is 5.75 Å². The van der Waals surface area contributed by atoms with Crippen LogP contribution in [-0.2, 0) is 13.8 Å². The average Bonchev–Trinajstić information content (AvgIpc) is 3.43. The lowest BCUT2D eigenvalue weighted by Crippen LogP contribution is -2.15. The number of rotatable bonds is 7. The minimum absolute atomic E-state index is 0.187. The first-order valence-corrected chi connectivity index (χ1v) is 10.3. The molecule has 0 aliphatic rings. The summed E-state index contributed by atoms with van der Waals surface area (Å²) in [6.07, 6.45) is 3.37.